The van der Waals surface area contributed by atoms with E-state index < -0.39 is 16.7 Å². The van der Waals surface area contributed by atoms with E-state index in [1.807, 2.05) is 77.7 Å². The van der Waals surface area contributed by atoms with Gasteiger partial charge in [0.15, 0.2) is 0 Å². The number of thiocarbonyl (C=S) groups is 1. The monoisotopic (exact) mass is 674 g/mol. The summed E-state index contributed by atoms with van der Waals surface area (Å²) in [6.45, 7) is 1.46. The molecular weight excluding hydrogens is 652 g/mol. The van der Waals surface area contributed by atoms with E-state index >= 15 is 0 Å². The van der Waals surface area contributed by atoms with Crippen molar-refractivity contribution in [3.05, 3.63) is 87.3 Å². The highest BCUT2D eigenvalue weighted by atomic mass is 79.9. The van der Waals surface area contributed by atoms with Gasteiger partial charge in [-0.3, -0.25) is 0 Å². The maximum atomic E-state index is 11.1. The van der Waals surface area contributed by atoms with Gasteiger partial charge in [-0.25, -0.2) is 4.99 Å². The van der Waals surface area contributed by atoms with Crippen LogP contribution in [-0.4, -0.2) is 49.3 Å². The van der Waals surface area contributed by atoms with Gasteiger partial charge in [0.2, 0.25) is 0 Å². The van der Waals surface area contributed by atoms with E-state index in [9.17, 15) is 10.5 Å². The van der Waals surface area contributed by atoms with Gasteiger partial charge in [-0.1, -0.05) is 62.3 Å². The lowest BCUT2D eigenvalue weighted by Gasteiger charge is -2.61. The normalized spacial score (nSPS) is 25.4. The number of ether oxygens (including phenoxy) is 1. The summed E-state index contributed by atoms with van der Waals surface area (Å²) in [5, 5.41) is 22.2. The molecule has 7 nitrogen and oxygen atoms in total. The number of piperidine rings is 2. The molecule has 3 unspecified atom stereocenters. The minimum Gasteiger partial charge on any atom is -0.496 e. The van der Waals surface area contributed by atoms with E-state index in [-0.39, 0.29) is 0 Å². The maximum absolute atomic E-state index is 11.1. The van der Waals surface area contributed by atoms with Crippen LogP contribution >= 0.6 is 44.1 Å². The number of fused-ring (bicyclic) bond motifs is 4. The summed E-state index contributed by atoms with van der Waals surface area (Å²) < 4.78 is 7.72. The number of anilines is 2. The summed E-state index contributed by atoms with van der Waals surface area (Å²) in [4.78, 5) is 11.7. The van der Waals surface area contributed by atoms with Gasteiger partial charge in [-0.05, 0) is 54.6 Å². The number of hydrogen-bond donors (Lipinski definition) is 0. The Morgan fingerprint density at radius 2 is 1.45 bits per heavy atom. The average molecular weight is 676 g/mol. The number of halogens is 2. The molecule has 0 amide bonds. The first-order valence-electron chi connectivity index (χ1n) is 12.7. The number of methoxy groups -OCH3 is 1. The Bertz CT molecular complexity index is 1600. The first kappa shape index (κ1) is 26.8. The fourth-order valence-electron chi connectivity index (χ4n) is 6.34. The zero-order valence-corrected chi connectivity index (χ0v) is 25.6. The first-order valence-corrected chi connectivity index (χ1v) is 14.7. The molecule has 3 aliphatic heterocycles. The molecule has 6 rings (SSSR count). The molecule has 2 bridgehead atoms. The third-order valence-electron chi connectivity index (χ3n) is 8.08. The lowest BCUT2D eigenvalue weighted by molar-refractivity contribution is 0.202. The Balaban J connectivity index is 1.56. The van der Waals surface area contributed by atoms with Crippen LogP contribution in [0.1, 0.15) is 11.5 Å². The standard InChI is InChI=1S/C30H24Br2N6OS/c1-39-25-5-3-2-4-24(25)26-29(14-33)16-36(22-10-6-20(31)7-11-22)17-30(26,15-34)28(40)38-19-37(18-35-27(29)38)23-12-8-21(32)9-13-23/h2-13,26H,16-19H2,1H3. The van der Waals surface area contributed by atoms with Crippen molar-refractivity contribution in [1.82, 2.24) is 4.90 Å². The van der Waals surface area contributed by atoms with Crippen molar-refractivity contribution < 1.29 is 4.74 Å². The molecule has 3 heterocycles. The summed E-state index contributed by atoms with van der Waals surface area (Å²) >= 11 is 13.2. The Morgan fingerprint density at radius 3 is 2.05 bits per heavy atom. The van der Waals surface area contributed by atoms with Gasteiger partial charge < -0.3 is 19.4 Å². The van der Waals surface area contributed by atoms with Crippen LogP contribution in [0, 0.1) is 33.5 Å². The van der Waals surface area contributed by atoms with Gasteiger partial charge in [-0.2, -0.15) is 10.5 Å². The Hall–Kier alpha value is -3.44. The molecule has 3 aromatic rings. The summed E-state index contributed by atoms with van der Waals surface area (Å²) in [5.41, 5.74) is 0.337. The van der Waals surface area contributed by atoms with Crippen LogP contribution in [0.4, 0.5) is 11.4 Å². The number of nitriles is 2. The Morgan fingerprint density at radius 1 is 0.875 bits per heavy atom. The molecule has 0 aromatic heterocycles. The van der Waals surface area contributed by atoms with Crippen molar-refractivity contribution in [3.63, 3.8) is 0 Å². The minimum absolute atomic E-state index is 0.332. The van der Waals surface area contributed by atoms with E-state index in [0.29, 0.717) is 43.0 Å². The van der Waals surface area contributed by atoms with E-state index in [2.05, 4.69) is 53.8 Å². The van der Waals surface area contributed by atoms with Gasteiger partial charge in [0.25, 0.3) is 0 Å². The van der Waals surface area contributed by atoms with Crippen LogP contribution in [0.3, 0.4) is 0 Å². The van der Waals surface area contributed by atoms with Crippen molar-refractivity contribution in [2.45, 2.75) is 5.92 Å². The minimum atomic E-state index is -1.20. The lowest BCUT2D eigenvalue weighted by Crippen LogP contribution is -2.73. The number of rotatable bonds is 4. The van der Waals surface area contributed by atoms with Gasteiger partial charge >= 0.3 is 0 Å². The Kier molecular flexibility index (Phi) is 6.82. The van der Waals surface area contributed by atoms with Crippen LogP contribution in [0.5, 0.6) is 5.75 Å². The quantitative estimate of drug-likeness (QED) is 0.300. The molecule has 3 atom stereocenters. The number of hydrogen-bond acceptors (Lipinski definition) is 7. The average Bonchev–Trinajstić information content (AvgIpc) is 3.00. The molecule has 0 saturated carbocycles. The van der Waals surface area contributed by atoms with Gasteiger partial charge in [0.05, 0.1) is 25.9 Å². The maximum Gasteiger partial charge on any atom is 0.141 e. The number of para-hydroxylation sites is 1. The van der Waals surface area contributed by atoms with Crippen LogP contribution in [0.2, 0.25) is 0 Å². The van der Waals surface area contributed by atoms with Crippen molar-refractivity contribution in [1.29, 1.82) is 10.5 Å². The second kappa shape index (κ2) is 10.2. The van der Waals surface area contributed by atoms with E-state index in [1.165, 1.54) is 0 Å². The fourth-order valence-corrected chi connectivity index (χ4v) is 7.24. The summed E-state index contributed by atoms with van der Waals surface area (Å²) in [6, 6.07) is 28.9. The predicted molar refractivity (Wildman–Crippen MR) is 166 cm³/mol. The molecule has 200 valence electrons. The second-order valence-corrected chi connectivity index (χ2v) is 12.4. The molecule has 2 fully saturated rings. The van der Waals surface area contributed by atoms with Crippen LogP contribution in [0.25, 0.3) is 0 Å². The third-order valence-corrected chi connectivity index (χ3v) is 9.73. The van der Waals surface area contributed by atoms with Crippen molar-refractivity contribution in [2.75, 3.05) is 43.3 Å². The van der Waals surface area contributed by atoms with E-state index in [1.54, 1.807) is 7.11 Å². The molecular formula is C30H24Br2N6OS. The molecule has 3 aromatic carbocycles. The molecule has 0 N–H and O–H groups in total. The third kappa shape index (κ3) is 4.01. The largest absolute Gasteiger partial charge is 0.496 e. The molecule has 0 spiro atoms. The first-order chi connectivity index (χ1) is 19.4. The van der Waals surface area contributed by atoms with Gasteiger partial charge in [0.1, 0.15) is 34.1 Å². The second-order valence-electron chi connectivity index (χ2n) is 10.2. The summed E-state index contributed by atoms with van der Waals surface area (Å²) in [6.07, 6.45) is 0. The molecule has 0 aliphatic carbocycles. The smallest absolute Gasteiger partial charge is 0.141 e. The fraction of sp³-hybridized carbons (Fsp3) is 0.267. The predicted octanol–water partition coefficient (Wildman–Crippen LogP) is 6.32. The number of amidine groups is 1. The zero-order chi connectivity index (χ0) is 28.1. The highest BCUT2D eigenvalue weighted by Gasteiger charge is 2.68. The van der Waals surface area contributed by atoms with E-state index in [4.69, 9.17) is 21.9 Å². The molecule has 10 heteroatoms. The van der Waals surface area contributed by atoms with Crippen molar-refractivity contribution in [2.24, 2.45) is 15.8 Å². The van der Waals surface area contributed by atoms with Crippen molar-refractivity contribution in [3.8, 4) is 17.9 Å². The van der Waals surface area contributed by atoms with Crippen LogP contribution in [0.15, 0.2) is 86.7 Å². The Labute approximate surface area is 255 Å². The topological polar surface area (TPSA) is 78.9 Å². The molecule has 0 radical (unpaired) electrons. The highest BCUT2D eigenvalue weighted by molar-refractivity contribution is 9.10. The number of aliphatic imine (C=N–C) groups is 1. The van der Waals surface area contributed by atoms with Gasteiger partial charge in [0, 0.05) is 44.9 Å². The van der Waals surface area contributed by atoms with E-state index in [0.717, 1.165) is 25.9 Å². The zero-order valence-electron chi connectivity index (χ0n) is 21.6. The molecule has 3 aliphatic rings. The summed E-state index contributed by atoms with van der Waals surface area (Å²) in [7, 11) is 1.61. The van der Waals surface area contributed by atoms with Crippen LogP contribution in [-0.2, 0) is 0 Å². The van der Waals surface area contributed by atoms with Gasteiger partial charge in [-0.15, -0.1) is 0 Å². The molecule has 2 saturated heterocycles. The number of nitrogens with zero attached hydrogens (tertiary/aromatic N) is 6. The lowest BCUT2D eigenvalue weighted by atomic mass is 9.53. The molecule has 40 heavy (non-hydrogen) atoms. The van der Waals surface area contributed by atoms with Crippen molar-refractivity contribution >= 4 is 66.3 Å². The number of benzene rings is 3. The summed E-state index contributed by atoms with van der Waals surface area (Å²) in [5.74, 6) is 0.671. The van der Waals surface area contributed by atoms with Crippen LogP contribution < -0.4 is 14.5 Å². The SMILES string of the molecule is COc1ccccc1C1C2(C#N)CN(c3ccc(Br)cc3)CC1(C#N)C1=NCN(c3ccc(Br)cc3)CN1C2=S. The highest BCUT2D eigenvalue weighted by Crippen LogP contribution is 2.60.